The van der Waals surface area contributed by atoms with Gasteiger partial charge in [0.1, 0.15) is 5.92 Å². The maximum absolute atomic E-state index is 11.0. The predicted octanol–water partition coefficient (Wildman–Crippen LogP) is 6.06. The lowest BCUT2D eigenvalue weighted by Gasteiger charge is -2.07. The van der Waals surface area contributed by atoms with E-state index >= 15 is 0 Å². The van der Waals surface area contributed by atoms with Gasteiger partial charge in [0, 0.05) is 6.42 Å². The van der Waals surface area contributed by atoms with E-state index in [1.54, 1.807) is 0 Å². The number of carboxylic acid groups (broad SMARTS) is 2. The van der Waals surface area contributed by atoms with Crippen LogP contribution in [0.25, 0.3) is 0 Å². The predicted molar refractivity (Wildman–Crippen MR) is 120 cm³/mol. The summed E-state index contributed by atoms with van der Waals surface area (Å²) in [5.41, 5.74) is 5.09. The van der Waals surface area contributed by atoms with Gasteiger partial charge in [0.15, 0.2) is 0 Å². The van der Waals surface area contributed by atoms with Crippen LogP contribution in [0.3, 0.4) is 0 Å². The summed E-state index contributed by atoms with van der Waals surface area (Å²) in [5.74, 6) is -3.54. The van der Waals surface area contributed by atoms with E-state index in [4.69, 9.17) is 15.9 Å². The van der Waals surface area contributed by atoms with Crippen LogP contribution in [0.5, 0.6) is 0 Å². The highest BCUT2D eigenvalue weighted by Gasteiger charge is 2.22. The SMILES string of the molecule is NC(=O)C(CCCCCCCCCCCCCCCCCCCCC(=O)O)C(=O)O. The highest BCUT2D eigenvalue weighted by atomic mass is 16.4. The summed E-state index contributed by atoms with van der Waals surface area (Å²) in [5, 5.41) is 17.5. The molecular formula is C24H45NO5. The van der Waals surface area contributed by atoms with Gasteiger partial charge in [-0.15, -0.1) is 0 Å². The summed E-state index contributed by atoms with van der Waals surface area (Å²) >= 11 is 0. The molecular weight excluding hydrogens is 382 g/mol. The Morgan fingerprint density at radius 2 is 0.833 bits per heavy atom. The van der Waals surface area contributed by atoms with Crippen molar-refractivity contribution in [3.8, 4) is 0 Å². The minimum absolute atomic E-state index is 0.313. The fraction of sp³-hybridized carbons (Fsp3) is 0.875. The quantitative estimate of drug-likeness (QED) is 0.135. The molecule has 0 aromatic rings. The van der Waals surface area contributed by atoms with Crippen molar-refractivity contribution < 1.29 is 24.6 Å². The van der Waals surface area contributed by atoms with Gasteiger partial charge in [-0.2, -0.15) is 0 Å². The van der Waals surface area contributed by atoms with Crippen molar-refractivity contribution in [1.82, 2.24) is 0 Å². The molecule has 30 heavy (non-hydrogen) atoms. The van der Waals surface area contributed by atoms with Crippen molar-refractivity contribution in [2.24, 2.45) is 11.7 Å². The van der Waals surface area contributed by atoms with E-state index in [9.17, 15) is 14.4 Å². The molecule has 1 atom stereocenters. The number of carboxylic acids is 2. The minimum Gasteiger partial charge on any atom is -0.481 e. The maximum atomic E-state index is 11.0. The minimum atomic E-state index is -1.10. The number of hydrogen-bond donors (Lipinski definition) is 3. The van der Waals surface area contributed by atoms with Gasteiger partial charge in [-0.05, 0) is 12.8 Å². The second kappa shape index (κ2) is 20.7. The van der Waals surface area contributed by atoms with Crippen molar-refractivity contribution in [3.63, 3.8) is 0 Å². The summed E-state index contributed by atoms with van der Waals surface area (Å²) < 4.78 is 0. The molecule has 0 heterocycles. The molecule has 0 aliphatic heterocycles. The van der Waals surface area contributed by atoms with E-state index in [2.05, 4.69) is 0 Å². The zero-order valence-corrected chi connectivity index (χ0v) is 18.9. The molecule has 0 aromatic carbocycles. The number of nitrogens with two attached hydrogens (primary N) is 1. The number of rotatable bonds is 23. The highest BCUT2D eigenvalue weighted by Crippen LogP contribution is 2.16. The topological polar surface area (TPSA) is 118 Å². The molecule has 0 spiro atoms. The summed E-state index contributed by atoms with van der Waals surface area (Å²) in [6, 6.07) is 0. The van der Waals surface area contributed by atoms with Gasteiger partial charge in [0.25, 0.3) is 0 Å². The van der Waals surface area contributed by atoms with Gasteiger partial charge in [-0.3, -0.25) is 14.4 Å². The molecule has 176 valence electrons. The molecule has 0 fully saturated rings. The first-order valence-electron chi connectivity index (χ1n) is 12.2. The lowest BCUT2D eigenvalue weighted by Crippen LogP contribution is -2.30. The molecule has 0 saturated heterocycles. The number of aliphatic carboxylic acids is 2. The van der Waals surface area contributed by atoms with Crippen molar-refractivity contribution in [3.05, 3.63) is 0 Å². The van der Waals surface area contributed by atoms with E-state index in [0.29, 0.717) is 12.8 Å². The molecule has 6 heteroatoms. The monoisotopic (exact) mass is 427 g/mol. The number of carbonyl (C=O) groups excluding carboxylic acids is 1. The van der Waals surface area contributed by atoms with Gasteiger partial charge in [0.2, 0.25) is 5.91 Å². The molecule has 1 amide bonds. The standard InChI is InChI=1S/C24H45NO5/c25-23(28)21(24(29)30)19-17-15-13-11-9-7-5-3-1-2-4-6-8-10-12-14-16-18-20-22(26)27/h21H,1-20H2,(H2,25,28)(H,26,27)(H,29,30). The van der Waals surface area contributed by atoms with E-state index in [1.807, 2.05) is 0 Å². The molecule has 0 saturated carbocycles. The lowest BCUT2D eigenvalue weighted by molar-refractivity contribution is -0.146. The van der Waals surface area contributed by atoms with Crippen LogP contribution in [0.2, 0.25) is 0 Å². The fourth-order valence-electron chi connectivity index (χ4n) is 3.84. The first kappa shape index (κ1) is 28.4. The maximum Gasteiger partial charge on any atom is 0.316 e. The van der Waals surface area contributed by atoms with E-state index in [0.717, 1.165) is 32.1 Å². The average molecular weight is 428 g/mol. The van der Waals surface area contributed by atoms with Crippen LogP contribution in [-0.4, -0.2) is 28.1 Å². The number of hydrogen-bond acceptors (Lipinski definition) is 3. The zero-order chi connectivity index (χ0) is 22.5. The summed E-state index contributed by atoms with van der Waals surface area (Å²) in [4.78, 5) is 32.3. The Kier molecular flexibility index (Phi) is 19.6. The molecule has 1 unspecified atom stereocenters. The van der Waals surface area contributed by atoms with E-state index < -0.39 is 23.8 Å². The summed E-state index contributed by atoms with van der Waals surface area (Å²) in [6.45, 7) is 0. The molecule has 0 radical (unpaired) electrons. The second-order valence-corrected chi connectivity index (χ2v) is 8.59. The van der Waals surface area contributed by atoms with E-state index in [-0.39, 0.29) is 0 Å². The van der Waals surface area contributed by atoms with Crippen LogP contribution < -0.4 is 5.73 Å². The Labute approximate surface area is 183 Å². The summed E-state index contributed by atoms with van der Waals surface area (Å²) in [6.07, 6.45) is 22.0. The Morgan fingerprint density at radius 3 is 1.10 bits per heavy atom. The third kappa shape index (κ3) is 19.7. The Bertz CT molecular complexity index is 439. The van der Waals surface area contributed by atoms with Crippen LogP contribution in [0.4, 0.5) is 0 Å². The van der Waals surface area contributed by atoms with Gasteiger partial charge in [-0.25, -0.2) is 0 Å². The normalized spacial score (nSPS) is 12.0. The second-order valence-electron chi connectivity index (χ2n) is 8.59. The molecule has 0 bridgehead atoms. The fourth-order valence-corrected chi connectivity index (χ4v) is 3.84. The van der Waals surface area contributed by atoms with Crippen molar-refractivity contribution in [1.29, 1.82) is 0 Å². The van der Waals surface area contributed by atoms with Crippen molar-refractivity contribution >= 4 is 17.8 Å². The molecule has 0 aliphatic rings. The highest BCUT2D eigenvalue weighted by molar-refractivity contribution is 5.95. The largest absolute Gasteiger partial charge is 0.481 e. The van der Waals surface area contributed by atoms with Crippen LogP contribution in [0.15, 0.2) is 0 Å². The van der Waals surface area contributed by atoms with Gasteiger partial charge in [0.05, 0.1) is 0 Å². The van der Waals surface area contributed by atoms with Crippen LogP contribution >= 0.6 is 0 Å². The van der Waals surface area contributed by atoms with Crippen LogP contribution in [0, 0.1) is 5.92 Å². The van der Waals surface area contributed by atoms with Crippen LogP contribution in [-0.2, 0) is 14.4 Å². The molecule has 4 N–H and O–H groups in total. The number of unbranched alkanes of at least 4 members (excludes halogenated alkanes) is 17. The first-order chi connectivity index (χ1) is 14.4. The average Bonchev–Trinajstić information content (AvgIpc) is 2.68. The van der Waals surface area contributed by atoms with Crippen molar-refractivity contribution in [2.75, 3.05) is 0 Å². The smallest absolute Gasteiger partial charge is 0.316 e. The lowest BCUT2D eigenvalue weighted by atomic mass is 9.99. The number of amides is 1. The van der Waals surface area contributed by atoms with E-state index in [1.165, 1.54) is 83.5 Å². The Morgan fingerprint density at radius 1 is 0.533 bits per heavy atom. The Balaban J connectivity index is 3.19. The van der Waals surface area contributed by atoms with Crippen LogP contribution in [0.1, 0.15) is 128 Å². The number of primary amides is 1. The zero-order valence-electron chi connectivity index (χ0n) is 18.9. The van der Waals surface area contributed by atoms with Gasteiger partial charge < -0.3 is 15.9 Å². The number of carbonyl (C=O) groups is 3. The third-order valence-electron chi connectivity index (χ3n) is 5.77. The summed E-state index contributed by atoms with van der Waals surface area (Å²) in [7, 11) is 0. The Hall–Kier alpha value is -1.59. The molecule has 6 nitrogen and oxygen atoms in total. The third-order valence-corrected chi connectivity index (χ3v) is 5.77. The molecule has 0 aliphatic carbocycles. The first-order valence-corrected chi connectivity index (χ1v) is 12.2. The molecule has 0 rings (SSSR count). The van der Waals surface area contributed by atoms with Crippen molar-refractivity contribution in [2.45, 2.75) is 128 Å². The molecule has 0 aromatic heterocycles. The van der Waals surface area contributed by atoms with Gasteiger partial charge >= 0.3 is 11.9 Å². The van der Waals surface area contributed by atoms with Gasteiger partial charge in [-0.1, -0.05) is 109 Å².